The standard InChI is InChI=1S/C49H100NO7P/c1-6-8-10-12-14-16-18-20-21-22-23-24-25-26-27-28-29-30-32-34-36-38-40-42-49(51)57-48(47-56-58(52,53)55-45-43-50(3,4)5)46-54-44-41-39-37-35-33-31-19-17-15-13-11-9-7-2/h48H,6-47H2,1-5H3. The first-order chi connectivity index (χ1) is 28.1. The van der Waals surface area contributed by atoms with Gasteiger partial charge in [-0.05, 0) is 12.8 Å². The summed E-state index contributed by atoms with van der Waals surface area (Å²) in [6.45, 7) is 5.48. The number of nitrogens with zero attached hydrogens (tertiary/aromatic N) is 1. The van der Waals surface area contributed by atoms with Gasteiger partial charge in [0.15, 0.2) is 0 Å². The monoisotopic (exact) mass is 846 g/mol. The third-order valence-electron chi connectivity index (χ3n) is 11.4. The van der Waals surface area contributed by atoms with E-state index in [0.29, 0.717) is 24.1 Å². The molecule has 0 aliphatic rings. The molecule has 348 valence electrons. The van der Waals surface area contributed by atoms with Crippen molar-refractivity contribution in [3.8, 4) is 0 Å². The number of carbonyl (C=O) groups excluding carboxylic acids is 1. The van der Waals surface area contributed by atoms with Crippen molar-refractivity contribution in [1.82, 2.24) is 0 Å². The number of quaternary nitrogens is 1. The van der Waals surface area contributed by atoms with Crippen LogP contribution < -0.4 is 4.89 Å². The highest BCUT2D eigenvalue weighted by molar-refractivity contribution is 7.45. The minimum Gasteiger partial charge on any atom is -0.756 e. The number of phosphoric acid groups is 1. The minimum atomic E-state index is -4.52. The van der Waals surface area contributed by atoms with Crippen molar-refractivity contribution in [2.45, 2.75) is 258 Å². The Morgan fingerprint density at radius 3 is 1.14 bits per heavy atom. The molecule has 0 heterocycles. The molecule has 0 radical (unpaired) electrons. The highest BCUT2D eigenvalue weighted by atomic mass is 31.2. The fraction of sp³-hybridized carbons (Fsp3) is 0.980. The van der Waals surface area contributed by atoms with Crippen molar-refractivity contribution in [2.24, 2.45) is 0 Å². The third-order valence-corrected chi connectivity index (χ3v) is 12.4. The third kappa shape index (κ3) is 46.6. The van der Waals surface area contributed by atoms with Gasteiger partial charge in [-0.25, -0.2) is 0 Å². The Morgan fingerprint density at radius 2 is 0.793 bits per heavy atom. The van der Waals surface area contributed by atoms with Gasteiger partial charge >= 0.3 is 5.97 Å². The summed E-state index contributed by atoms with van der Waals surface area (Å²) in [5, 5.41) is 0. The lowest BCUT2D eigenvalue weighted by Crippen LogP contribution is -2.37. The molecule has 0 aliphatic carbocycles. The maximum Gasteiger partial charge on any atom is 0.306 e. The number of esters is 1. The highest BCUT2D eigenvalue weighted by Crippen LogP contribution is 2.38. The summed E-state index contributed by atoms with van der Waals surface area (Å²) in [4.78, 5) is 25.1. The zero-order chi connectivity index (χ0) is 42.7. The normalized spacial score (nSPS) is 13.6. The molecule has 0 bridgehead atoms. The first-order valence-corrected chi connectivity index (χ1v) is 26.7. The molecular formula is C49H100NO7P. The Hall–Kier alpha value is -0.500. The first kappa shape index (κ1) is 57.5. The van der Waals surface area contributed by atoms with Crippen LogP contribution in [0.2, 0.25) is 0 Å². The van der Waals surface area contributed by atoms with Gasteiger partial charge in [0.05, 0.1) is 34.4 Å². The Morgan fingerprint density at radius 1 is 0.466 bits per heavy atom. The molecule has 0 fully saturated rings. The van der Waals surface area contributed by atoms with Gasteiger partial charge in [-0.1, -0.05) is 232 Å². The molecule has 0 saturated heterocycles. The molecule has 0 amide bonds. The van der Waals surface area contributed by atoms with Gasteiger partial charge in [0, 0.05) is 13.0 Å². The smallest absolute Gasteiger partial charge is 0.306 e. The first-order valence-electron chi connectivity index (χ1n) is 25.3. The van der Waals surface area contributed by atoms with Gasteiger partial charge in [-0.15, -0.1) is 0 Å². The highest BCUT2D eigenvalue weighted by Gasteiger charge is 2.20. The average Bonchev–Trinajstić information content (AvgIpc) is 3.18. The van der Waals surface area contributed by atoms with Crippen molar-refractivity contribution >= 4 is 13.8 Å². The van der Waals surface area contributed by atoms with E-state index >= 15 is 0 Å². The van der Waals surface area contributed by atoms with Gasteiger partial charge < -0.3 is 27.9 Å². The summed E-state index contributed by atoms with van der Waals surface area (Å²) in [6, 6.07) is 0. The largest absolute Gasteiger partial charge is 0.756 e. The van der Waals surface area contributed by atoms with E-state index in [9.17, 15) is 14.3 Å². The Bertz CT molecular complexity index is 899. The molecule has 2 unspecified atom stereocenters. The lowest BCUT2D eigenvalue weighted by atomic mass is 10.0. The molecule has 8 nitrogen and oxygen atoms in total. The zero-order valence-corrected chi connectivity index (χ0v) is 40.4. The lowest BCUT2D eigenvalue weighted by Gasteiger charge is -2.28. The molecule has 0 aromatic rings. The summed E-state index contributed by atoms with van der Waals surface area (Å²) >= 11 is 0. The van der Waals surface area contributed by atoms with Crippen molar-refractivity contribution in [2.75, 3.05) is 54.1 Å². The van der Waals surface area contributed by atoms with Crippen LogP contribution in [0.4, 0.5) is 0 Å². The van der Waals surface area contributed by atoms with E-state index in [0.717, 1.165) is 32.1 Å². The Kier molecular flexibility index (Phi) is 42.8. The number of carbonyl (C=O) groups is 1. The van der Waals surface area contributed by atoms with Gasteiger partial charge in [0.2, 0.25) is 0 Å². The second-order valence-corrected chi connectivity index (χ2v) is 20.0. The van der Waals surface area contributed by atoms with Gasteiger partial charge in [0.25, 0.3) is 7.82 Å². The summed E-state index contributed by atoms with van der Waals surface area (Å²) in [5.41, 5.74) is 0. The van der Waals surface area contributed by atoms with Crippen LogP contribution in [-0.4, -0.2) is 70.7 Å². The van der Waals surface area contributed by atoms with Crippen molar-refractivity contribution < 1.29 is 37.3 Å². The van der Waals surface area contributed by atoms with E-state index in [4.69, 9.17) is 18.5 Å². The Labute approximate surface area is 361 Å². The fourth-order valence-electron chi connectivity index (χ4n) is 7.49. The molecule has 0 spiro atoms. The van der Waals surface area contributed by atoms with Crippen LogP contribution in [0.15, 0.2) is 0 Å². The van der Waals surface area contributed by atoms with Crippen LogP contribution in [0.25, 0.3) is 0 Å². The lowest BCUT2D eigenvalue weighted by molar-refractivity contribution is -0.870. The minimum absolute atomic E-state index is 0.0316. The maximum absolute atomic E-state index is 12.7. The second-order valence-electron chi connectivity index (χ2n) is 18.5. The molecule has 2 atom stereocenters. The van der Waals surface area contributed by atoms with E-state index in [2.05, 4.69) is 13.8 Å². The second kappa shape index (κ2) is 43.2. The predicted octanol–water partition coefficient (Wildman–Crippen LogP) is 14.6. The summed E-state index contributed by atoms with van der Waals surface area (Å²) in [6.07, 6.45) is 47.0. The number of hydrogen-bond donors (Lipinski definition) is 0. The van der Waals surface area contributed by atoms with Gasteiger partial charge in [-0.3, -0.25) is 9.36 Å². The van der Waals surface area contributed by atoms with Crippen LogP contribution in [0.1, 0.15) is 251 Å². The van der Waals surface area contributed by atoms with Crippen molar-refractivity contribution in [1.29, 1.82) is 0 Å². The molecule has 0 aromatic carbocycles. The van der Waals surface area contributed by atoms with Crippen LogP contribution in [0, 0.1) is 0 Å². The van der Waals surface area contributed by atoms with E-state index < -0.39 is 13.9 Å². The SMILES string of the molecule is CCCCCCCCCCCCCCCCCCCCCCCCCC(=O)OC(COCCCCCCCCCCCCCCC)COP(=O)([O-])OCC[N+](C)(C)C. The number of likely N-dealkylation sites (N-methyl/N-ethyl adjacent to an activating group) is 1. The molecule has 0 aromatic heterocycles. The van der Waals surface area contributed by atoms with E-state index in [1.807, 2.05) is 21.1 Å². The molecule has 0 saturated carbocycles. The topological polar surface area (TPSA) is 94.1 Å². The van der Waals surface area contributed by atoms with Crippen molar-refractivity contribution in [3.05, 3.63) is 0 Å². The zero-order valence-electron chi connectivity index (χ0n) is 39.5. The molecular weight excluding hydrogens is 746 g/mol. The van der Waals surface area contributed by atoms with Crippen molar-refractivity contribution in [3.63, 3.8) is 0 Å². The van der Waals surface area contributed by atoms with Gasteiger partial charge in [0.1, 0.15) is 19.3 Å². The molecule has 0 rings (SSSR count). The number of unbranched alkanes of at least 4 members (excludes halogenated alkanes) is 34. The van der Waals surface area contributed by atoms with E-state index in [1.165, 1.54) is 199 Å². The average molecular weight is 846 g/mol. The maximum atomic E-state index is 12.7. The molecule has 58 heavy (non-hydrogen) atoms. The molecule has 0 N–H and O–H groups in total. The van der Waals surface area contributed by atoms with Crippen LogP contribution in [0.3, 0.4) is 0 Å². The Balaban J connectivity index is 4.04. The quantitative estimate of drug-likeness (QED) is 0.0260. The summed E-state index contributed by atoms with van der Waals surface area (Å²) in [7, 11) is 1.38. The fourth-order valence-corrected chi connectivity index (χ4v) is 8.22. The summed E-state index contributed by atoms with van der Waals surface area (Å²) < 4.78 is 34.7. The number of rotatable bonds is 48. The number of hydrogen-bond acceptors (Lipinski definition) is 7. The number of phosphoric ester groups is 1. The molecule has 0 aliphatic heterocycles. The van der Waals surface area contributed by atoms with E-state index in [-0.39, 0.29) is 25.8 Å². The van der Waals surface area contributed by atoms with Crippen LogP contribution >= 0.6 is 7.82 Å². The van der Waals surface area contributed by atoms with E-state index in [1.54, 1.807) is 0 Å². The van der Waals surface area contributed by atoms with Crippen LogP contribution in [0.5, 0.6) is 0 Å². The predicted molar refractivity (Wildman–Crippen MR) is 245 cm³/mol. The van der Waals surface area contributed by atoms with Crippen LogP contribution in [-0.2, 0) is 27.9 Å². The summed E-state index contributed by atoms with van der Waals surface area (Å²) in [5.74, 6) is -0.326. The number of ether oxygens (including phenoxy) is 2. The molecule has 9 heteroatoms. The van der Waals surface area contributed by atoms with Gasteiger partial charge in [-0.2, -0.15) is 0 Å².